The lowest BCUT2D eigenvalue weighted by atomic mass is 10.3. The number of nitrogen functional groups attached to an aromatic ring is 1. The standard InChI is InChI=1S/C9H17N5O2S/c1-7-6-12-9(10)13-8(7)11-4-5-17(15,16)14(2)3/h6H,4-5H2,1-3H3,(H3,10,11,12,13). The monoisotopic (exact) mass is 259 g/mol. The molecule has 1 aromatic heterocycles. The molecule has 0 amide bonds. The number of rotatable bonds is 5. The highest BCUT2D eigenvalue weighted by Crippen LogP contribution is 2.10. The summed E-state index contributed by atoms with van der Waals surface area (Å²) >= 11 is 0. The molecule has 17 heavy (non-hydrogen) atoms. The van der Waals surface area contributed by atoms with Crippen LogP contribution in [0.25, 0.3) is 0 Å². The smallest absolute Gasteiger partial charge is 0.221 e. The van der Waals surface area contributed by atoms with Gasteiger partial charge in [0.05, 0.1) is 5.75 Å². The van der Waals surface area contributed by atoms with Crippen LogP contribution in [0.2, 0.25) is 0 Å². The van der Waals surface area contributed by atoms with Gasteiger partial charge < -0.3 is 11.1 Å². The zero-order chi connectivity index (χ0) is 13.1. The van der Waals surface area contributed by atoms with Crippen molar-refractivity contribution < 1.29 is 8.42 Å². The molecule has 7 nitrogen and oxygen atoms in total. The van der Waals surface area contributed by atoms with Gasteiger partial charge in [0.25, 0.3) is 0 Å². The Morgan fingerprint density at radius 1 is 1.47 bits per heavy atom. The van der Waals surface area contributed by atoms with E-state index >= 15 is 0 Å². The maximum absolute atomic E-state index is 11.5. The van der Waals surface area contributed by atoms with Crippen LogP contribution < -0.4 is 11.1 Å². The summed E-state index contributed by atoms with van der Waals surface area (Å²) in [5, 5.41) is 2.93. The molecule has 96 valence electrons. The molecule has 0 aliphatic carbocycles. The highest BCUT2D eigenvalue weighted by atomic mass is 32.2. The predicted molar refractivity (Wildman–Crippen MR) is 67.1 cm³/mol. The number of hydrogen-bond donors (Lipinski definition) is 2. The summed E-state index contributed by atoms with van der Waals surface area (Å²) < 4.78 is 24.2. The molecule has 0 radical (unpaired) electrons. The van der Waals surface area contributed by atoms with E-state index in [4.69, 9.17) is 5.73 Å². The number of nitrogens with zero attached hydrogens (tertiary/aromatic N) is 3. The van der Waals surface area contributed by atoms with Gasteiger partial charge in [0.2, 0.25) is 16.0 Å². The van der Waals surface area contributed by atoms with Gasteiger partial charge in [-0.1, -0.05) is 0 Å². The number of anilines is 2. The van der Waals surface area contributed by atoms with E-state index in [1.165, 1.54) is 18.4 Å². The number of nitrogens with two attached hydrogens (primary N) is 1. The molecular formula is C9H17N5O2S. The predicted octanol–water partition coefficient (Wildman–Crippen LogP) is -0.329. The lowest BCUT2D eigenvalue weighted by molar-refractivity contribution is 0.521. The zero-order valence-corrected chi connectivity index (χ0v) is 11.0. The largest absolute Gasteiger partial charge is 0.369 e. The van der Waals surface area contributed by atoms with Gasteiger partial charge in [0.15, 0.2) is 0 Å². The SMILES string of the molecule is Cc1cnc(N)nc1NCCS(=O)(=O)N(C)C. The van der Waals surface area contributed by atoms with Crippen molar-refractivity contribution in [2.75, 3.05) is 37.4 Å². The second-order valence-electron chi connectivity index (χ2n) is 3.78. The van der Waals surface area contributed by atoms with Crippen molar-refractivity contribution in [3.63, 3.8) is 0 Å². The van der Waals surface area contributed by atoms with Gasteiger partial charge in [0, 0.05) is 32.4 Å². The van der Waals surface area contributed by atoms with E-state index in [1.54, 1.807) is 6.20 Å². The van der Waals surface area contributed by atoms with Crippen LogP contribution in [0.3, 0.4) is 0 Å². The number of aryl methyl sites for hydroxylation is 1. The summed E-state index contributed by atoms with van der Waals surface area (Å²) in [7, 11) is -0.189. The van der Waals surface area contributed by atoms with Crippen LogP contribution in [0.4, 0.5) is 11.8 Å². The first-order chi connectivity index (χ1) is 7.83. The van der Waals surface area contributed by atoms with Gasteiger partial charge in [0.1, 0.15) is 5.82 Å². The molecule has 0 unspecified atom stereocenters. The number of hydrogen-bond acceptors (Lipinski definition) is 6. The van der Waals surface area contributed by atoms with Crippen LogP contribution in [0.15, 0.2) is 6.20 Å². The van der Waals surface area contributed by atoms with Crippen molar-refractivity contribution in [3.8, 4) is 0 Å². The van der Waals surface area contributed by atoms with E-state index in [2.05, 4.69) is 15.3 Å². The molecule has 0 aliphatic heterocycles. The number of sulfonamides is 1. The van der Waals surface area contributed by atoms with Gasteiger partial charge in [-0.2, -0.15) is 4.98 Å². The molecular weight excluding hydrogens is 242 g/mol. The van der Waals surface area contributed by atoms with E-state index in [-0.39, 0.29) is 18.2 Å². The van der Waals surface area contributed by atoms with Gasteiger partial charge in [-0.05, 0) is 6.92 Å². The van der Waals surface area contributed by atoms with E-state index < -0.39 is 10.0 Å². The normalized spacial score (nSPS) is 11.8. The van der Waals surface area contributed by atoms with Crippen molar-refractivity contribution >= 4 is 21.8 Å². The quantitative estimate of drug-likeness (QED) is 0.751. The summed E-state index contributed by atoms with van der Waals surface area (Å²) in [6, 6.07) is 0. The minimum Gasteiger partial charge on any atom is -0.369 e. The first-order valence-corrected chi connectivity index (χ1v) is 6.67. The third kappa shape index (κ3) is 3.82. The maximum Gasteiger partial charge on any atom is 0.221 e. The summed E-state index contributed by atoms with van der Waals surface area (Å²) in [6.45, 7) is 2.10. The third-order valence-electron chi connectivity index (χ3n) is 2.20. The molecule has 0 saturated carbocycles. The number of aromatic nitrogens is 2. The Bertz CT molecular complexity index is 486. The summed E-state index contributed by atoms with van der Waals surface area (Å²) in [5.41, 5.74) is 6.27. The lowest BCUT2D eigenvalue weighted by Crippen LogP contribution is -2.28. The third-order valence-corrected chi connectivity index (χ3v) is 4.03. The Kier molecular flexibility index (Phi) is 4.24. The molecule has 1 heterocycles. The molecule has 8 heteroatoms. The molecule has 0 aliphatic rings. The fourth-order valence-corrected chi connectivity index (χ4v) is 1.84. The van der Waals surface area contributed by atoms with Crippen LogP contribution in [0, 0.1) is 6.92 Å². The van der Waals surface area contributed by atoms with Crippen LogP contribution in [0.5, 0.6) is 0 Å². The maximum atomic E-state index is 11.5. The molecule has 0 saturated heterocycles. The van der Waals surface area contributed by atoms with Gasteiger partial charge in [-0.3, -0.25) is 0 Å². The number of nitrogens with one attached hydrogen (secondary N) is 1. The van der Waals surface area contributed by atoms with Crippen LogP contribution in [-0.4, -0.2) is 49.1 Å². The fraction of sp³-hybridized carbons (Fsp3) is 0.556. The summed E-state index contributed by atoms with van der Waals surface area (Å²) in [5.74, 6) is 0.726. The van der Waals surface area contributed by atoms with Crippen molar-refractivity contribution in [2.45, 2.75) is 6.92 Å². The highest BCUT2D eigenvalue weighted by Gasteiger charge is 2.13. The molecule has 0 fully saturated rings. The Morgan fingerprint density at radius 3 is 2.71 bits per heavy atom. The molecule has 0 bridgehead atoms. The second-order valence-corrected chi connectivity index (χ2v) is 6.09. The average Bonchev–Trinajstić information content (AvgIpc) is 2.22. The van der Waals surface area contributed by atoms with Crippen molar-refractivity contribution in [2.24, 2.45) is 0 Å². The Morgan fingerprint density at radius 2 is 2.12 bits per heavy atom. The zero-order valence-electron chi connectivity index (χ0n) is 10.1. The fourth-order valence-electron chi connectivity index (χ4n) is 1.12. The average molecular weight is 259 g/mol. The molecule has 3 N–H and O–H groups in total. The highest BCUT2D eigenvalue weighted by molar-refractivity contribution is 7.89. The molecule has 0 spiro atoms. The second kappa shape index (κ2) is 5.28. The summed E-state index contributed by atoms with van der Waals surface area (Å²) in [6.07, 6.45) is 1.59. The first-order valence-electron chi connectivity index (χ1n) is 5.06. The van der Waals surface area contributed by atoms with E-state index in [1.807, 2.05) is 6.92 Å². The van der Waals surface area contributed by atoms with E-state index in [0.29, 0.717) is 5.82 Å². The van der Waals surface area contributed by atoms with Crippen molar-refractivity contribution in [3.05, 3.63) is 11.8 Å². The molecule has 0 aromatic carbocycles. The van der Waals surface area contributed by atoms with Gasteiger partial charge >= 0.3 is 0 Å². The van der Waals surface area contributed by atoms with Crippen molar-refractivity contribution in [1.29, 1.82) is 0 Å². The van der Waals surface area contributed by atoms with Crippen LogP contribution in [0.1, 0.15) is 5.56 Å². The van der Waals surface area contributed by atoms with Crippen LogP contribution in [-0.2, 0) is 10.0 Å². The lowest BCUT2D eigenvalue weighted by Gasteiger charge is -2.12. The van der Waals surface area contributed by atoms with Crippen molar-refractivity contribution in [1.82, 2.24) is 14.3 Å². The first kappa shape index (κ1) is 13.7. The minimum atomic E-state index is -3.20. The van der Waals surface area contributed by atoms with E-state index in [0.717, 1.165) is 5.56 Å². The Balaban J connectivity index is 2.60. The Labute approximate surface area is 101 Å². The van der Waals surface area contributed by atoms with Gasteiger partial charge in [-0.15, -0.1) is 0 Å². The molecule has 1 rings (SSSR count). The Hall–Kier alpha value is -1.41. The topological polar surface area (TPSA) is 101 Å². The van der Waals surface area contributed by atoms with Crippen LogP contribution >= 0.6 is 0 Å². The summed E-state index contributed by atoms with van der Waals surface area (Å²) in [4.78, 5) is 7.81. The molecule has 1 aromatic rings. The minimum absolute atomic E-state index is 0.00332. The van der Waals surface area contributed by atoms with Gasteiger partial charge in [-0.25, -0.2) is 17.7 Å². The molecule has 0 atom stereocenters. The van der Waals surface area contributed by atoms with E-state index in [9.17, 15) is 8.42 Å².